The zero-order valence-electron chi connectivity index (χ0n) is 15.9. The molecule has 0 amide bonds. The van der Waals surface area contributed by atoms with Gasteiger partial charge in [0.15, 0.2) is 0 Å². The zero-order chi connectivity index (χ0) is 17.2. The van der Waals surface area contributed by atoms with Gasteiger partial charge in [-0.25, -0.2) is 4.98 Å². The Balaban J connectivity index is 0.00000196. The van der Waals surface area contributed by atoms with Crippen molar-refractivity contribution < 1.29 is 0 Å². The molecule has 3 nitrogen and oxygen atoms in total. The average molecular weight is 372 g/mol. The maximum Gasteiger partial charge on any atom is 0.129 e. The smallest absolute Gasteiger partial charge is 0.129 e. The van der Waals surface area contributed by atoms with Crippen LogP contribution in [0.2, 0.25) is 0 Å². The van der Waals surface area contributed by atoms with E-state index in [9.17, 15) is 0 Å². The highest BCUT2D eigenvalue weighted by Gasteiger charge is 2.19. The minimum Gasteiger partial charge on any atom is -0.354 e. The van der Waals surface area contributed by atoms with Crippen LogP contribution in [0.5, 0.6) is 0 Å². The second-order valence-electron chi connectivity index (χ2n) is 7.67. The molecule has 1 saturated heterocycles. The topological polar surface area (TPSA) is 19.4 Å². The summed E-state index contributed by atoms with van der Waals surface area (Å²) < 4.78 is 0. The zero-order valence-corrected chi connectivity index (χ0v) is 16.8. The Morgan fingerprint density at radius 3 is 2.46 bits per heavy atom. The molecule has 4 heteroatoms. The van der Waals surface area contributed by atoms with Gasteiger partial charge in [0, 0.05) is 37.6 Å². The molecule has 0 unspecified atom stereocenters. The Labute approximate surface area is 163 Å². The third-order valence-electron chi connectivity index (χ3n) is 5.70. The van der Waals surface area contributed by atoms with Crippen molar-refractivity contribution in [3.8, 4) is 0 Å². The summed E-state index contributed by atoms with van der Waals surface area (Å²) in [5.74, 6) is 1.13. The summed E-state index contributed by atoms with van der Waals surface area (Å²) in [7, 11) is 0. The Bertz CT molecular complexity index is 776. The molecule has 0 saturated carbocycles. The number of anilines is 1. The van der Waals surface area contributed by atoms with Crippen LogP contribution in [0.25, 0.3) is 16.5 Å². The van der Waals surface area contributed by atoms with Gasteiger partial charge in [0.1, 0.15) is 5.82 Å². The molecular weight excluding hydrogens is 342 g/mol. The lowest BCUT2D eigenvalue weighted by atomic mass is 9.93. The maximum absolute atomic E-state index is 4.94. The Morgan fingerprint density at radius 1 is 0.962 bits per heavy atom. The molecule has 0 spiro atoms. The van der Waals surface area contributed by atoms with Gasteiger partial charge in [-0.15, -0.1) is 12.4 Å². The molecule has 0 N–H and O–H groups in total. The maximum atomic E-state index is 4.94. The number of aromatic nitrogens is 1. The molecule has 4 rings (SSSR count). The predicted molar refractivity (Wildman–Crippen MR) is 114 cm³/mol. The summed E-state index contributed by atoms with van der Waals surface area (Å²) in [6.45, 7) is 8.96. The summed E-state index contributed by atoms with van der Waals surface area (Å²) in [6.07, 6.45) is 7.53. The number of hydrogen-bond donors (Lipinski definition) is 0. The summed E-state index contributed by atoms with van der Waals surface area (Å²) >= 11 is 0. The number of hydrogen-bond acceptors (Lipinski definition) is 3. The van der Waals surface area contributed by atoms with Crippen LogP contribution in [-0.2, 0) is 0 Å². The molecule has 1 aliphatic heterocycles. The van der Waals surface area contributed by atoms with Crippen LogP contribution in [0.15, 0.2) is 36.4 Å². The monoisotopic (exact) mass is 371 g/mol. The number of halogens is 1. The van der Waals surface area contributed by atoms with Crippen LogP contribution in [0.1, 0.15) is 45.1 Å². The Kier molecular flexibility index (Phi) is 6.20. The van der Waals surface area contributed by atoms with E-state index in [2.05, 4.69) is 60.1 Å². The van der Waals surface area contributed by atoms with Crippen LogP contribution in [0.3, 0.4) is 0 Å². The number of benzene rings is 1. The first-order chi connectivity index (χ1) is 12.2. The molecule has 2 heterocycles. The molecule has 1 fully saturated rings. The molecule has 2 aromatic rings. The lowest BCUT2D eigenvalue weighted by Gasteiger charge is -2.37. The molecule has 1 aliphatic carbocycles. The van der Waals surface area contributed by atoms with Gasteiger partial charge < -0.3 is 4.90 Å². The van der Waals surface area contributed by atoms with Gasteiger partial charge in [0.2, 0.25) is 0 Å². The fourth-order valence-electron chi connectivity index (χ4n) is 4.06. The van der Waals surface area contributed by atoms with E-state index in [1.165, 1.54) is 42.2 Å². The Morgan fingerprint density at radius 2 is 1.77 bits per heavy atom. The summed E-state index contributed by atoms with van der Waals surface area (Å²) in [5.41, 5.74) is 4.01. The summed E-state index contributed by atoms with van der Waals surface area (Å²) in [4.78, 5) is 9.91. The number of nitrogens with zero attached hydrogens (tertiary/aromatic N) is 3. The van der Waals surface area contributed by atoms with Crippen molar-refractivity contribution in [1.82, 2.24) is 9.88 Å². The van der Waals surface area contributed by atoms with Crippen LogP contribution in [-0.4, -0.2) is 42.1 Å². The highest BCUT2D eigenvalue weighted by atomic mass is 35.5. The summed E-state index contributed by atoms with van der Waals surface area (Å²) in [5, 5.41) is 1.26. The van der Waals surface area contributed by atoms with Crippen molar-refractivity contribution in [2.75, 3.05) is 31.1 Å². The molecule has 0 bridgehead atoms. The molecule has 1 aromatic heterocycles. The van der Waals surface area contributed by atoms with Crippen molar-refractivity contribution >= 4 is 34.7 Å². The third kappa shape index (κ3) is 4.05. The van der Waals surface area contributed by atoms with Crippen LogP contribution in [0.4, 0.5) is 5.82 Å². The van der Waals surface area contributed by atoms with E-state index in [1.54, 1.807) is 0 Å². The van der Waals surface area contributed by atoms with Crippen molar-refractivity contribution in [1.29, 1.82) is 0 Å². The average Bonchev–Trinajstić information content (AvgIpc) is 2.68. The number of fused-ring (bicyclic) bond motifs is 1. The standard InChI is InChI=1S/C22H29N3.ClH/c1-17(2)24-12-14-25(15-13-24)22-11-9-20-16-19(8-10-21(20)23-22)18-6-4-3-5-7-18;/h6,8-11,16-17H,3-5,7,12-15H2,1-2H3;1H. The van der Waals surface area contributed by atoms with Crippen LogP contribution in [0, 0.1) is 0 Å². The number of allylic oxidation sites excluding steroid dienone is 2. The first kappa shape index (κ1) is 19.2. The first-order valence-electron chi connectivity index (χ1n) is 9.80. The van der Waals surface area contributed by atoms with Gasteiger partial charge in [0.05, 0.1) is 5.52 Å². The van der Waals surface area contributed by atoms with Gasteiger partial charge in [0.25, 0.3) is 0 Å². The van der Waals surface area contributed by atoms with Gasteiger partial charge in [-0.05, 0) is 74.9 Å². The van der Waals surface area contributed by atoms with E-state index >= 15 is 0 Å². The van der Waals surface area contributed by atoms with Crippen molar-refractivity contribution in [2.45, 2.75) is 45.6 Å². The number of pyridine rings is 1. The number of piperazine rings is 1. The Hall–Kier alpha value is -1.58. The molecule has 2 aliphatic rings. The van der Waals surface area contributed by atoms with Gasteiger partial charge >= 0.3 is 0 Å². The molecule has 1 aromatic carbocycles. The van der Waals surface area contributed by atoms with Crippen LogP contribution < -0.4 is 4.90 Å². The van der Waals surface area contributed by atoms with E-state index in [0.717, 1.165) is 37.5 Å². The fraction of sp³-hybridized carbons (Fsp3) is 0.500. The van der Waals surface area contributed by atoms with Crippen molar-refractivity contribution in [3.63, 3.8) is 0 Å². The molecular formula is C22H30ClN3. The fourth-order valence-corrected chi connectivity index (χ4v) is 4.06. The van der Waals surface area contributed by atoms with Crippen LogP contribution >= 0.6 is 12.4 Å². The van der Waals surface area contributed by atoms with Crippen molar-refractivity contribution in [3.05, 3.63) is 42.0 Å². The first-order valence-corrected chi connectivity index (χ1v) is 9.80. The molecule has 0 radical (unpaired) electrons. The lowest BCUT2D eigenvalue weighted by Crippen LogP contribution is -2.49. The second-order valence-corrected chi connectivity index (χ2v) is 7.67. The van der Waals surface area contributed by atoms with Gasteiger partial charge in [-0.2, -0.15) is 0 Å². The quantitative estimate of drug-likeness (QED) is 0.744. The predicted octanol–water partition coefficient (Wildman–Crippen LogP) is 5.14. The van der Waals surface area contributed by atoms with E-state index in [1.807, 2.05) is 0 Å². The number of rotatable bonds is 3. The van der Waals surface area contributed by atoms with E-state index in [0.29, 0.717) is 6.04 Å². The normalized spacial score (nSPS) is 18.7. The largest absolute Gasteiger partial charge is 0.354 e. The van der Waals surface area contributed by atoms with Crippen molar-refractivity contribution in [2.24, 2.45) is 0 Å². The third-order valence-corrected chi connectivity index (χ3v) is 5.70. The van der Waals surface area contributed by atoms with E-state index in [4.69, 9.17) is 4.98 Å². The molecule has 26 heavy (non-hydrogen) atoms. The molecule has 0 atom stereocenters. The highest BCUT2D eigenvalue weighted by molar-refractivity contribution is 5.85. The minimum absolute atomic E-state index is 0. The summed E-state index contributed by atoms with van der Waals surface area (Å²) in [6, 6.07) is 11.9. The minimum atomic E-state index is 0. The SMILES string of the molecule is CC(C)N1CCN(c2ccc3cc(C4=CCCCC4)ccc3n2)CC1.Cl. The lowest BCUT2D eigenvalue weighted by molar-refractivity contribution is 0.209. The molecule has 140 valence electrons. The second kappa shape index (κ2) is 8.41. The highest BCUT2D eigenvalue weighted by Crippen LogP contribution is 2.29. The van der Waals surface area contributed by atoms with E-state index < -0.39 is 0 Å². The van der Waals surface area contributed by atoms with Gasteiger partial charge in [-0.1, -0.05) is 12.1 Å². The van der Waals surface area contributed by atoms with Gasteiger partial charge in [-0.3, -0.25) is 4.90 Å². The van der Waals surface area contributed by atoms with E-state index in [-0.39, 0.29) is 12.4 Å².